The van der Waals surface area contributed by atoms with E-state index >= 15 is 0 Å². The minimum absolute atomic E-state index is 0.275. The lowest BCUT2D eigenvalue weighted by molar-refractivity contribution is -0.110. The van der Waals surface area contributed by atoms with Crippen LogP contribution < -0.4 is 5.32 Å². The van der Waals surface area contributed by atoms with Crippen molar-refractivity contribution < 1.29 is 9.53 Å². The van der Waals surface area contributed by atoms with E-state index in [4.69, 9.17) is 4.74 Å². The van der Waals surface area contributed by atoms with E-state index in [9.17, 15) is 4.79 Å². The minimum atomic E-state index is 0.275. The Morgan fingerprint density at radius 3 is 2.80 bits per heavy atom. The molecule has 1 unspecified atom stereocenters. The maximum absolute atomic E-state index is 9.99. The number of carbonyl (C=O) groups is 1. The second kappa shape index (κ2) is 6.55. The van der Waals surface area contributed by atoms with Gasteiger partial charge >= 0.3 is 0 Å². The molecule has 0 spiro atoms. The van der Waals surface area contributed by atoms with E-state index < -0.39 is 0 Å². The van der Waals surface area contributed by atoms with Gasteiger partial charge in [0.25, 0.3) is 0 Å². The van der Waals surface area contributed by atoms with Crippen LogP contribution in [0.1, 0.15) is 19.8 Å². The molecule has 10 heavy (non-hydrogen) atoms. The summed E-state index contributed by atoms with van der Waals surface area (Å²) in [6.07, 6.45) is 2.59. The lowest BCUT2D eigenvalue weighted by Gasteiger charge is -2.11. The van der Waals surface area contributed by atoms with Gasteiger partial charge < -0.3 is 10.1 Å². The standard InChI is InChI=1S/C7H15NO2/c1-3-7(8-6-9)4-5-10-2/h6-7H,3-5H2,1-2H3,(H,8,9). The fourth-order valence-corrected chi connectivity index (χ4v) is 0.762. The molecule has 1 atom stereocenters. The maximum Gasteiger partial charge on any atom is 0.207 e. The van der Waals surface area contributed by atoms with E-state index in [0.717, 1.165) is 19.3 Å². The predicted octanol–water partition coefficient (Wildman–Crippen LogP) is 0.547. The van der Waals surface area contributed by atoms with Crippen LogP contribution in [0.3, 0.4) is 0 Å². The molecule has 1 amide bonds. The quantitative estimate of drug-likeness (QED) is 0.554. The molecule has 0 saturated heterocycles. The van der Waals surface area contributed by atoms with Gasteiger partial charge in [0, 0.05) is 19.8 Å². The van der Waals surface area contributed by atoms with E-state index in [1.807, 2.05) is 6.92 Å². The van der Waals surface area contributed by atoms with Crippen LogP contribution in [0.15, 0.2) is 0 Å². The zero-order chi connectivity index (χ0) is 7.82. The van der Waals surface area contributed by atoms with E-state index in [1.54, 1.807) is 7.11 Å². The first kappa shape index (κ1) is 9.43. The summed E-state index contributed by atoms with van der Waals surface area (Å²) in [6, 6.07) is 0.275. The molecule has 60 valence electrons. The Kier molecular flexibility index (Phi) is 6.18. The van der Waals surface area contributed by atoms with Gasteiger partial charge in [0.15, 0.2) is 0 Å². The van der Waals surface area contributed by atoms with E-state index in [2.05, 4.69) is 5.32 Å². The van der Waals surface area contributed by atoms with Crippen molar-refractivity contribution in [2.45, 2.75) is 25.8 Å². The molecule has 3 nitrogen and oxygen atoms in total. The third kappa shape index (κ3) is 4.32. The average molecular weight is 145 g/mol. The van der Waals surface area contributed by atoms with Gasteiger partial charge in [-0.05, 0) is 12.8 Å². The van der Waals surface area contributed by atoms with Crippen LogP contribution in [0.2, 0.25) is 0 Å². The number of nitrogens with one attached hydrogen (secondary N) is 1. The molecule has 0 rings (SSSR count). The van der Waals surface area contributed by atoms with Crippen LogP contribution in [0.5, 0.6) is 0 Å². The van der Waals surface area contributed by atoms with Crippen molar-refractivity contribution >= 4 is 6.41 Å². The number of amides is 1. The number of carbonyl (C=O) groups excluding carboxylic acids is 1. The fourth-order valence-electron chi connectivity index (χ4n) is 0.762. The van der Waals surface area contributed by atoms with Crippen LogP contribution in [-0.2, 0) is 9.53 Å². The third-order valence-corrected chi connectivity index (χ3v) is 1.47. The summed E-state index contributed by atoms with van der Waals surface area (Å²) in [4.78, 5) is 9.99. The Morgan fingerprint density at radius 2 is 2.40 bits per heavy atom. The molecule has 0 aromatic carbocycles. The third-order valence-electron chi connectivity index (χ3n) is 1.47. The zero-order valence-electron chi connectivity index (χ0n) is 6.59. The molecule has 1 N–H and O–H groups in total. The second-order valence-corrected chi connectivity index (χ2v) is 2.17. The van der Waals surface area contributed by atoms with Gasteiger partial charge in [-0.25, -0.2) is 0 Å². The lowest BCUT2D eigenvalue weighted by atomic mass is 10.2. The molecule has 0 bridgehead atoms. The highest BCUT2D eigenvalue weighted by molar-refractivity contribution is 5.46. The molecule has 0 radical (unpaired) electrons. The topological polar surface area (TPSA) is 38.3 Å². The molecule has 0 aromatic rings. The molecule has 0 aliphatic heterocycles. The van der Waals surface area contributed by atoms with Gasteiger partial charge in [0.05, 0.1) is 0 Å². The number of hydrogen-bond acceptors (Lipinski definition) is 2. The molecule has 0 fully saturated rings. The smallest absolute Gasteiger partial charge is 0.207 e. The van der Waals surface area contributed by atoms with Gasteiger partial charge in [0.2, 0.25) is 6.41 Å². The SMILES string of the molecule is CCC(CCOC)NC=O. The van der Waals surface area contributed by atoms with E-state index in [-0.39, 0.29) is 6.04 Å². The molecule has 0 saturated carbocycles. The normalized spacial score (nSPS) is 12.6. The van der Waals surface area contributed by atoms with Gasteiger partial charge in [-0.15, -0.1) is 0 Å². The molecule has 0 aliphatic rings. The summed E-state index contributed by atoms with van der Waals surface area (Å²) in [6.45, 7) is 2.75. The van der Waals surface area contributed by atoms with Gasteiger partial charge in [-0.2, -0.15) is 0 Å². The minimum Gasteiger partial charge on any atom is -0.385 e. The van der Waals surface area contributed by atoms with Gasteiger partial charge in [0.1, 0.15) is 0 Å². The summed E-state index contributed by atoms with van der Waals surface area (Å²) >= 11 is 0. The van der Waals surface area contributed by atoms with Gasteiger partial charge in [-0.3, -0.25) is 4.79 Å². The summed E-state index contributed by atoms with van der Waals surface area (Å²) < 4.78 is 4.86. The van der Waals surface area contributed by atoms with Crippen molar-refractivity contribution in [1.29, 1.82) is 0 Å². The van der Waals surface area contributed by atoms with Gasteiger partial charge in [-0.1, -0.05) is 6.92 Å². The zero-order valence-corrected chi connectivity index (χ0v) is 6.59. The van der Waals surface area contributed by atoms with Crippen molar-refractivity contribution in [2.75, 3.05) is 13.7 Å². The number of hydrogen-bond donors (Lipinski definition) is 1. The first-order valence-electron chi connectivity index (χ1n) is 3.53. The largest absolute Gasteiger partial charge is 0.385 e. The van der Waals surface area contributed by atoms with Crippen molar-refractivity contribution in [2.24, 2.45) is 0 Å². The highest BCUT2D eigenvalue weighted by Gasteiger charge is 2.01. The molecule has 3 heteroatoms. The van der Waals surface area contributed by atoms with Crippen LogP contribution in [0.25, 0.3) is 0 Å². The van der Waals surface area contributed by atoms with Crippen LogP contribution in [-0.4, -0.2) is 26.2 Å². The molecule has 0 aliphatic carbocycles. The maximum atomic E-state index is 9.99. The molecular formula is C7H15NO2. The number of methoxy groups -OCH3 is 1. The predicted molar refractivity (Wildman–Crippen MR) is 39.8 cm³/mol. The Labute approximate surface area is 61.8 Å². The van der Waals surface area contributed by atoms with E-state index in [1.165, 1.54) is 0 Å². The number of rotatable bonds is 6. The summed E-state index contributed by atoms with van der Waals surface area (Å²) in [5, 5.41) is 2.71. The van der Waals surface area contributed by atoms with E-state index in [0.29, 0.717) is 6.61 Å². The average Bonchev–Trinajstić information content (AvgIpc) is 1.98. The summed E-state index contributed by atoms with van der Waals surface area (Å²) in [7, 11) is 1.66. The number of ether oxygens (including phenoxy) is 1. The second-order valence-electron chi connectivity index (χ2n) is 2.17. The van der Waals surface area contributed by atoms with Crippen molar-refractivity contribution in [3.63, 3.8) is 0 Å². The Morgan fingerprint density at radius 1 is 1.70 bits per heavy atom. The highest BCUT2D eigenvalue weighted by atomic mass is 16.5. The molecule has 0 heterocycles. The van der Waals surface area contributed by atoms with Crippen molar-refractivity contribution in [1.82, 2.24) is 5.32 Å². The monoisotopic (exact) mass is 145 g/mol. The Hall–Kier alpha value is -0.570. The fraction of sp³-hybridized carbons (Fsp3) is 0.857. The molecule has 0 aromatic heterocycles. The van der Waals surface area contributed by atoms with Crippen molar-refractivity contribution in [3.8, 4) is 0 Å². The summed E-state index contributed by atoms with van der Waals surface area (Å²) in [5.74, 6) is 0. The van der Waals surface area contributed by atoms with Crippen LogP contribution in [0.4, 0.5) is 0 Å². The lowest BCUT2D eigenvalue weighted by Crippen LogP contribution is -2.27. The molecular weight excluding hydrogens is 130 g/mol. The van der Waals surface area contributed by atoms with Crippen LogP contribution >= 0.6 is 0 Å². The summed E-state index contributed by atoms with van der Waals surface area (Å²) in [5.41, 5.74) is 0. The Bertz CT molecular complexity index is 85.7. The highest BCUT2D eigenvalue weighted by Crippen LogP contribution is 1.95. The Balaban J connectivity index is 3.29. The first-order chi connectivity index (χ1) is 4.85. The van der Waals surface area contributed by atoms with Crippen LogP contribution in [0, 0.1) is 0 Å². The van der Waals surface area contributed by atoms with Crippen molar-refractivity contribution in [3.05, 3.63) is 0 Å². The first-order valence-corrected chi connectivity index (χ1v) is 3.53.